The molecule has 0 fully saturated rings. The van der Waals surface area contributed by atoms with Gasteiger partial charge in [-0.3, -0.25) is 14.2 Å². The average molecular weight is 447 g/mol. The maximum absolute atomic E-state index is 12.8. The molecule has 0 bridgehead atoms. The molecule has 0 radical (unpaired) electrons. The molecule has 1 aromatic heterocycles. The van der Waals surface area contributed by atoms with E-state index in [1.807, 2.05) is 6.07 Å². The number of nitrogens with one attached hydrogen (secondary N) is 1. The number of benzene rings is 1. The number of fused-ring (bicyclic) bond motifs is 1. The Balaban J connectivity index is 0.00000320. The molecule has 1 atom stereocenters. The first-order valence-corrected chi connectivity index (χ1v) is 9.47. The van der Waals surface area contributed by atoms with Crippen LogP contribution < -0.4 is 25.8 Å². The summed E-state index contributed by atoms with van der Waals surface area (Å²) in [5, 5.41) is 12.7. The minimum absolute atomic E-state index is 0. The lowest BCUT2D eigenvalue weighted by Crippen LogP contribution is -2.41. The Bertz CT molecular complexity index is 1280. The van der Waals surface area contributed by atoms with Gasteiger partial charge >= 0.3 is 5.97 Å². The molecule has 0 spiro atoms. The molecule has 0 saturated heterocycles. The van der Waals surface area contributed by atoms with Crippen molar-refractivity contribution in [2.75, 3.05) is 14.2 Å². The number of ether oxygens (including phenoxy) is 1. The highest BCUT2D eigenvalue weighted by Crippen LogP contribution is 2.39. The van der Waals surface area contributed by atoms with Crippen LogP contribution in [0.15, 0.2) is 34.6 Å². The Morgan fingerprint density at radius 3 is 2.63 bits per heavy atom. The van der Waals surface area contributed by atoms with Crippen LogP contribution >= 0.6 is 22.9 Å². The zero-order chi connectivity index (χ0) is 21.3. The molecule has 2 aromatic rings. The molecule has 0 saturated carbocycles. The lowest BCUT2D eigenvalue weighted by molar-refractivity contribution is -0.133. The van der Waals surface area contributed by atoms with E-state index in [-0.39, 0.29) is 33.6 Å². The van der Waals surface area contributed by atoms with Crippen LogP contribution in [0.5, 0.6) is 0 Å². The molecule has 2 heterocycles. The van der Waals surface area contributed by atoms with Crippen molar-refractivity contribution < 1.29 is 14.3 Å². The molecule has 3 rings (SSSR count). The fourth-order valence-electron chi connectivity index (χ4n) is 3.09. The van der Waals surface area contributed by atoms with E-state index < -0.39 is 23.4 Å². The predicted octanol–water partition coefficient (Wildman–Crippen LogP) is 0.498. The van der Waals surface area contributed by atoms with E-state index in [2.05, 4.69) is 10.1 Å². The molecule has 1 aromatic carbocycles. The van der Waals surface area contributed by atoms with E-state index in [0.29, 0.717) is 10.6 Å². The molecular weight excluding hydrogens is 428 g/mol. The van der Waals surface area contributed by atoms with Crippen LogP contribution in [0.3, 0.4) is 0 Å². The first-order valence-electron chi connectivity index (χ1n) is 8.28. The molecule has 30 heavy (non-hydrogen) atoms. The summed E-state index contributed by atoms with van der Waals surface area (Å²) in [4.78, 5) is 37.3. The summed E-state index contributed by atoms with van der Waals surface area (Å²) >= 11 is 7.25. The number of nitriles is 1. The summed E-state index contributed by atoms with van der Waals surface area (Å²) in [5.41, 5.74) is 6.19. The van der Waals surface area contributed by atoms with Crippen molar-refractivity contribution >= 4 is 52.3 Å². The van der Waals surface area contributed by atoms with Gasteiger partial charge in [0.1, 0.15) is 15.0 Å². The molecule has 1 unspecified atom stereocenters. The first-order chi connectivity index (χ1) is 13.8. The van der Waals surface area contributed by atoms with E-state index >= 15 is 0 Å². The van der Waals surface area contributed by atoms with E-state index in [0.717, 1.165) is 22.0 Å². The van der Waals surface area contributed by atoms with Crippen LogP contribution in [0.4, 0.5) is 0 Å². The van der Waals surface area contributed by atoms with Crippen molar-refractivity contribution in [3.63, 3.8) is 0 Å². The number of hydrogen-bond donors (Lipinski definition) is 2. The average Bonchev–Trinajstić information content (AvgIpc) is 3.03. The third-order valence-corrected chi connectivity index (χ3v) is 5.86. The number of carbonyl (C=O) groups is 2. The van der Waals surface area contributed by atoms with Gasteiger partial charge in [-0.15, -0.1) is 11.3 Å². The van der Waals surface area contributed by atoms with Crippen LogP contribution in [0.1, 0.15) is 18.9 Å². The maximum atomic E-state index is 12.8. The van der Waals surface area contributed by atoms with Crippen molar-refractivity contribution in [1.29, 1.82) is 5.26 Å². The number of aromatic nitrogens is 1. The van der Waals surface area contributed by atoms with Crippen LogP contribution in [0.25, 0.3) is 17.5 Å². The summed E-state index contributed by atoms with van der Waals surface area (Å²) < 4.78 is 5.88. The molecule has 156 valence electrons. The normalized spacial score (nSPS) is 15.7. The number of amides is 1. The van der Waals surface area contributed by atoms with Crippen molar-refractivity contribution in [2.24, 2.45) is 5.73 Å². The van der Waals surface area contributed by atoms with Gasteiger partial charge in [0.15, 0.2) is 0 Å². The zero-order valence-electron chi connectivity index (χ0n) is 15.4. The minimum atomic E-state index is -0.877. The summed E-state index contributed by atoms with van der Waals surface area (Å²) in [6.45, 7) is 0. The number of carbonyl (C=O) groups excluding carboxylic acids is 2. The third kappa shape index (κ3) is 3.63. The van der Waals surface area contributed by atoms with Gasteiger partial charge in [-0.05, 0) is 11.6 Å². The van der Waals surface area contributed by atoms with E-state index in [1.54, 1.807) is 24.3 Å². The monoisotopic (exact) mass is 446 g/mol. The van der Waals surface area contributed by atoms with Crippen LogP contribution in [-0.2, 0) is 14.3 Å². The fraction of sp³-hybridized carbons (Fsp3) is 0.200. The Labute approximate surface area is 181 Å². The Hall–Kier alpha value is -3.35. The Kier molecular flexibility index (Phi) is 6.87. The minimum Gasteiger partial charge on any atom is -0.466 e. The molecule has 3 N–H and O–H groups in total. The van der Waals surface area contributed by atoms with Gasteiger partial charge in [0, 0.05) is 18.1 Å². The van der Waals surface area contributed by atoms with Gasteiger partial charge in [-0.25, -0.2) is 4.79 Å². The quantitative estimate of drug-likeness (QED) is 0.661. The van der Waals surface area contributed by atoms with Crippen molar-refractivity contribution in [2.45, 2.75) is 13.3 Å². The largest absolute Gasteiger partial charge is 0.466 e. The highest BCUT2D eigenvalue weighted by atomic mass is 35.5. The Morgan fingerprint density at radius 1 is 1.40 bits per heavy atom. The van der Waals surface area contributed by atoms with Crippen LogP contribution in [0.2, 0.25) is 5.02 Å². The van der Waals surface area contributed by atoms with Crippen molar-refractivity contribution in [3.8, 4) is 6.07 Å². The number of rotatable bonds is 3. The lowest BCUT2D eigenvalue weighted by Gasteiger charge is -2.25. The summed E-state index contributed by atoms with van der Waals surface area (Å²) in [6.07, 6.45) is 1.02. The predicted molar refractivity (Wildman–Crippen MR) is 116 cm³/mol. The molecule has 8 nitrogen and oxygen atoms in total. The molecule has 10 heteroatoms. The third-order valence-electron chi connectivity index (χ3n) is 4.41. The number of nitrogens with two attached hydrogens (primary N) is 1. The fourth-order valence-corrected chi connectivity index (χ4v) is 4.47. The van der Waals surface area contributed by atoms with E-state index in [4.69, 9.17) is 17.3 Å². The van der Waals surface area contributed by atoms with Gasteiger partial charge < -0.3 is 15.8 Å². The van der Waals surface area contributed by atoms with Gasteiger partial charge in [0.2, 0.25) is 0 Å². The number of allylic oxidation sites excluding steroid dienone is 1. The molecule has 1 aliphatic rings. The van der Waals surface area contributed by atoms with Crippen LogP contribution in [0, 0.1) is 11.3 Å². The SMILES string of the molecule is C.CNC(=O)C1=c2s/c(=C\C(=O)OC)c(=O)n2C(N)=C(C#N)C1c1ccccc1Cl. The molecule has 1 amide bonds. The number of methoxy groups -OCH3 is 1. The van der Waals surface area contributed by atoms with E-state index in [9.17, 15) is 19.6 Å². The summed E-state index contributed by atoms with van der Waals surface area (Å²) in [6, 6.07) is 8.77. The standard InChI is InChI=1S/C19H15ClN4O4S.CH4/c1-23-17(26)15-14(9-5-3-4-6-11(9)20)10(8-21)16(22)24-18(27)12(29-19(15)24)7-13(25)28-2;/h3-7,14H,22H2,1-2H3,(H,23,26);1H4/b12-7-;. The highest BCUT2D eigenvalue weighted by molar-refractivity contribution is 7.07. The van der Waals surface area contributed by atoms with Gasteiger partial charge in [-0.2, -0.15) is 5.26 Å². The summed E-state index contributed by atoms with van der Waals surface area (Å²) in [5.74, 6) is -2.23. The van der Waals surface area contributed by atoms with E-state index in [1.165, 1.54) is 14.2 Å². The molecule has 1 aliphatic heterocycles. The lowest BCUT2D eigenvalue weighted by atomic mass is 9.83. The smallest absolute Gasteiger partial charge is 0.332 e. The zero-order valence-corrected chi connectivity index (χ0v) is 16.9. The van der Waals surface area contributed by atoms with Crippen molar-refractivity contribution in [1.82, 2.24) is 9.88 Å². The first kappa shape index (κ1) is 22.9. The van der Waals surface area contributed by atoms with Crippen molar-refractivity contribution in [3.05, 3.63) is 60.0 Å². The number of halogens is 1. The second-order valence-corrected chi connectivity index (χ2v) is 7.38. The second kappa shape index (κ2) is 8.98. The van der Waals surface area contributed by atoms with Gasteiger partial charge in [0.05, 0.1) is 30.2 Å². The topological polar surface area (TPSA) is 127 Å². The van der Waals surface area contributed by atoms with Gasteiger partial charge in [-0.1, -0.05) is 37.2 Å². The van der Waals surface area contributed by atoms with Crippen LogP contribution in [-0.4, -0.2) is 30.6 Å². The van der Waals surface area contributed by atoms with Gasteiger partial charge in [0.25, 0.3) is 11.5 Å². The number of nitrogens with zero attached hydrogens (tertiary/aromatic N) is 2. The summed E-state index contributed by atoms with van der Waals surface area (Å²) in [7, 11) is 2.62. The second-order valence-electron chi connectivity index (χ2n) is 5.94. The molecular formula is C20H19ClN4O4S. The molecule has 0 aliphatic carbocycles. The Morgan fingerprint density at radius 2 is 2.07 bits per heavy atom. The maximum Gasteiger partial charge on any atom is 0.332 e. The number of esters is 1. The number of thiazole rings is 1. The number of hydrogen-bond acceptors (Lipinski definition) is 7. The highest BCUT2D eigenvalue weighted by Gasteiger charge is 2.36.